The fraction of sp³-hybridized carbons (Fsp3) is 0.533. The topological polar surface area (TPSA) is 66.6 Å². The number of phenolic OH excluding ortho intramolecular Hbond substituents is 1. The summed E-state index contributed by atoms with van der Waals surface area (Å²) in [5.41, 5.74) is 7.03. The van der Waals surface area contributed by atoms with Crippen LogP contribution in [-0.4, -0.2) is 45.5 Å². The molecule has 0 radical (unpaired) electrons. The largest absolute Gasteiger partial charge is 0.508 e. The SMILES string of the molecule is CC1SCCN(C(=O)[C@@H](N)Cc2ccc(O)cc2)C1C. The van der Waals surface area contributed by atoms with Crippen molar-refractivity contribution in [3.63, 3.8) is 0 Å². The Morgan fingerprint density at radius 3 is 2.75 bits per heavy atom. The molecular weight excluding hydrogens is 272 g/mol. The lowest BCUT2D eigenvalue weighted by Gasteiger charge is -2.38. The summed E-state index contributed by atoms with van der Waals surface area (Å²) in [5.74, 6) is 1.23. The molecule has 4 nitrogen and oxygen atoms in total. The Morgan fingerprint density at radius 2 is 2.10 bits per heavy atom. The van der Waals surface area contributed by atoms with Crippen molar-refractivity contribution in [3.8, 4) is 5.75 Å². The number of carbonyl (C=O) groups excluding carboxylic acids is 1. The van der Waals surface area contributed by atoms with Gasteiger partial charge in [-0.15, -0.1) is 0 Å². The third kappa shape index (κ3) is 3.46. The molecule has 0 aromatic heterocycles. The molecule has 1 aromatic carbocycles. The fourth-order valence-electron chi connectivity index (χ4n) is 2.43. The summed E-state index contributed by atoms with van der Waals surface area (Å²) in [6.07, 6.45) is 0.504. The van der Waals surface area contributed by atoms with Gasteiger partial charge in [-0.05, 0) is 31.0 Å². The fourth-order valence-corrected chi connectivity index (χ4v) is 3.53. The molecule has 3 N–H and O–H groups in total. The summed E-state index contributed by atoms with van der Waals surface area (Å²) in [7, 11) is 0. The van der Waals surface area contributed by atoms with Gasteiger partial charge in [0.05, 0.1) is 6.04 Å². The van der Waals surface area contributed by atoms with E-state index in [2.05, 4.69) is 13.8 Å². The van der Waals surface area contributed by atoms with Gasteiger partial charge in [0.2, 0.25) is 5.91 Å². The lowest BCUT2D eigenvalue weighted by Crippen LogP contribution is -2.54. The van der Waals surface area contributed by atoms with Gasteiger partial charge in [-0.2, -0.15) is 11.8 Å². The zero-order valence-electron chi connectivity index (χ0n) is 12.0. The highest BCUT2D eigenvalue weighted by atomic mass is 32.2. The highest BCUT2D eigenvalue weighted by Crippen LogP contribution is 2.24. The van der Waals surface area contributed by atoms with Crippen LogP contribution in [-0.2, 0) is 11.2 Å². The van der Waals surface area contributed by atoms with Crippen molar-refractivity contribution in [2.75, 3.05) is 12.3 Å². The number of carbonyl (C=O) groups is 1. The van der Waals surface area contributed by atoms with Gasteiger partial charge in [-0.3, -0.25) is 4.79 Å². The van der Waals surface area contributed by atoms with Gasteiger partial charge in [-0.1, -0.05) is 19.1 Å². The summed E-state index contributed by atoms with van der Waals surface area (Å²) in [4.78, 5) is 14.4. The van der Waals surface area contributed by atoms with Crippen LogP contribution >= 0.6 is 11.8 Å². The average Bonchev–Trinajstić information content (AvgIpc) is 2.43. The molecule has 2 unspecified atom stereocenters. The summed E-state index contributed by atoms with van der Waals surface area (Å²) in [6, 6.07) is 6.56. The Kier molecular flexibility index (Phi) is 4.94. The third-order valence-electron chi connectivity index (χ3n) is 3.88. The summed E-state index contributed by atoms with van der Waals surface area (Å²) < 4.78 is 0. The highest BCUT2D eigenvalue weighted by molar-refractivity contribution is 8.00. The molecule has 1 aromatic rings. The molecule has 3 atom stereocenters. The lowest BCUT2D eigenvalue weighted by molar-refractivity contribution is -0.134. The standard InChI is InChI=1S/C15H22N2O2S/c1-10-11(2)20-8-7-17(10)15(19)14(16)9-12-3-5-13(18)6-4-12/h3-6,10-11,14,18H,7-9,16H2,1-2H3/t10?,11?,14-/m0/s1. The molecule has 5 heteroatoms. The van der Waals surface area contributed by atoms with Gasteiger partial charge >= 0.3 is 0 Å². The molecule has 1 aliphatic heterocycles. The van der Waals surface area contributed by atoms with E-state index < -0.39 is 6.04 Å². The Morgan fingerprint density at radius 1 is 1.45 bits per heavy atom. The Bertz CT molecular complexity index is 463. The van der Waals surface area contributed by atoms with Crippen LogP contribution in [0.15, 0.2) is 24.3 Å². The van der Waals surface area contributed by atoms with Crippen LogP contribution in [0.2, 0.25) is 0 Å². The molecular formula is C15H22N2O2S. The van der Waals surface area contributed by atoms with Crippen molar-refractivity contribution < 1.29 is 9.90 Å². The Hall–Kier alpha value is -1.20. The first-order valence-corrected chi connectivity index (χ1v) is 7.99. The third-order valence-corrected chi connectivity index (χ3v) is 5.21. The Balaban J connectivity index is 1.99. The molecule has 0 bridgehead atoms. The quantitative estimate of drug-likeness (QED) is 0.889. The van der Waals surface area contributed by atoms with Crippen molar-refractivity contribution in [3.05, 3.63) is 29.8 Å². The number of hydrogen-bond donors (Lipinski definition) is 2. The summed E-state index contributed by atoms with van der Waals surface area (Å²) in [6.45, 7) is 5.01. The Labute approximate surface area is 124 Å². The van der Waals surface area contributed by atoms with Crippen LogP contribution in [0.1, 0.15) is 19.4 Å². The first kappa shape index (κ1) is 15.2. The van der Waals surface area contributed by atoms with E-state index in [0.29, 0.717) is 11.7 Å². The average molecular weight is 294 g/mol. The molecule has 110 valence electrons. The van der Waals surface area contributed by atoms with Crippen molar-refractivity contribution in [2.45, 2.75) is 37.6 Å². The van der Waals surface area contributed by atoms with Crippen molar-refractivity contribution in [1.82, 2.24) is 4.90 Å². The minimum absolute atomic E-state index is 0.0257. The summed E-state index contributed by atoms with van der Waals surface area (Å²) in [5, 5.41) is 9.71. The lowest BCUT2D eigenvalue weighted by atomic mass is 10.0. The van der Waals surface area contributed by atoms with Gasteiger partial charge in [0.1, 0.15) is 5.75 Å². The maximum atomic E-state index is 12.5. The van der Waals surface area contributed by atoms with Crippen LogP contribution in [0.25, 0.3) is 0 Å². The van der Waals surface area contributed by atoms with E-state index in [-0.39, 0.29) is 17.7 Å². The number of benzene rings is 1. The maximum absolute atomic E-state index is 12.5. The zero-order chi connectivity index (χ0) is 14.7. The first-order valence-electron chi connectivity index (χ1n) is 6.94. The molecule has 1 aliphatic rings. The predicted octanol–water partition coefficient (Wildman–Crippen LogP) is 1.61. The van der Waals surface area contributed by atoms with E-state index in [0.717, 1.165) is 17.9 Å². The normalized spacial score (nSPS) is 24.4. The van der Waals surface area contributed by atoms with Gasteiger partial charge in [0.15, 0.2) is 0 Å². The van der Waals surface area contributed by atoms with E-state index in [1.165, 1.54) is 0 Å². The van der Waals surface area contributed by atoms with E-state index in [1.54, 1.807) is 24.3 Å². The van der Waals surface area contributed by atoms with Crippen LogP contribution in [0, 0.1) is 0 Å². The second-order valence-electron chi connectivity index (χ2n) is 5.33. The second kappa shape index (κ2) is 6.50. The van der Waals surface area contributed by atoms with E-state index >= 15 is 0 Å². The molecule has 1 saturated heterocycles. The van der Waals surface area contributed by atoms with Gasteiger partial charge in [0, 0.05) is 23.6 Å². The van der Waals surface area contributed by atoms with Crippen LogP contribution in [0.3, 0.4) is 0 Å². The van der Waals surface area contributed by atoms with E-state index in [1.807, 2.05) is 16.7 Å². The molecule has 1 amide bonds. The number of nitrogens with zero attached hydrogens (tertiary/aromatic N) is 1. The first-order chi connectivity index (χ1) is 9.49. The van der Waals surface area contributed by atoms with Gasteiger partial charge in [0.25, 0.3) is 0 Å². The highest BCUT2D eigenvalue weighted by Gasteiger charge is 2.31. The van der Waals surface area contributed by atoms with Crippen LogP contribution in [0.5, 0.6) is 5.75 Å². The molecule has 1 fully saturated rings. The minimum atomic E-state index is -0.516. The maximum Gasteiger partial charge on any atom is 0.240 e. The number of phenols is 1. The molecule has 1 heterocycles. The van der Waals surface area contributed by atoms with Gasteiger partial charge in [-0.25, -0.2) is 0 Å². The monoisotopic (exact) mass is 294 g/mol. The molecule has 0 saturated carbocycles. The summed E-state index contributed by atoms with van der Waals surface area (Å²) >= 11 is 1.90. The number of amides is 1. The number of thioether (sulfide) groups is 1. The van der Waals surface area contributed by atoms with Crippen LogP contribution in [0.4, 0.5) is 0 Å². The van der Waals surface area contributed by atoms with Crippen LogP contribution < -0.4 is 5.73 Å². The van der Waals surface area contributed by atoms with Crippen molar-refractivity contribution >= 4 is 17.7 Å². The molecule has 0 spiro atoms. The zero-order valence-corrected chi connectivity index (χ0v) is 12.8. The number of hydrogen-bond acceptors (Lipinski definition) is 4. The second-order valence-corrected chi connectivity index (χ2v) is 6.81. The smallest absolute Gasteiger partial charge is 0.240 e. The molecule has 20 heavy (non-hydrogen) atoms. The number of rotatable bonds is 3. The number of aromatic hydroxyl groups is 1. The van der Waals surface area contributed by atoms with E-state index in [9.17, 15) is 9.90 Å². The van der Waals surface area contributed by atoms with Crippen molar-refractivity contribution in [2.24, 2.45) is 5.73 Å². The van der Waals surface area contributed by atoms with Gasteiger partial charge < -0.3 is 15.7 Å². The van der Waals surface area contributed by atoms with E-state index in [4.69, 9.17) is 5.73 Å². The minimum Gasteiger partial charge on any atom is -0.508 e. The number of nitrogens with two attached hydrogens (primary N) is 1. The molecule has 2 rings (SSSR count). The predicted molar refractivity (Wildman–Crippen MR) is 82.9 cm³/mol. The molecule has 0 aliphatic carbocycles. The van der Waals surface area contributed by atoms with Crippen molar-refractivity contribution in [1.29, 1.82) is 0 Å².